The minimum Gasteiger partial charge on any atom is -0.354 e. The summed E-state index contributed by atoms with van der Waals surface area (Å²) in [5.41, 5.74) is 1.81. The molecule has 162 valence electrons. The molecular weight excluding hydrogens is 439 g/mol. The zero-order chi connectivity index (χ0) is 21.9. The number of benzene rings is 2. The molecule has 0 aliphatic carbocycles. The molecule has 4 nitrogen and oxygen atoms in total. The summed E-state index contributed by atoms with van der Waals surface area (Å²) in [6.45, 7) is 4.67. The van der Waals surface area contributed by atoms with Gasteiger partial charge in [-0.3, -0.25) is 9.59 Å². The number of halogens is 2. The molecule has 0 fully saturated rings. The summed E-state index contributed by atoms with van der Waals surface area (Å²) < 4.78 is 0. The predicted octanol–water partition coefficient (Wildman–Crippen LogP) is 5.56. The van der Waals surface area contributed by atoms with Gasteiger partial charge in [-0.1, -0.05) is 73.4 Å². The molecule has 0 aliphatic rings. The topological polar surface area (TPSA) is 49.4 Å². The van der Waals surface area contributed by atoms with E-state index in [2.05, 4.69) is 5.32 Å². The third kappa shape index (κ3) is 7.22. The van der Waals surface area contributed by atoms with Crippen LogP contribution in [-0.2, 0) is 21.9 Å². The summed E-state index contributed by atoms with van der Waals surface area (Å²) in [6, 6.07) is 14.7. The molecule has 1 N–H and O–H groups in total. The number of hydrogen-bond donors (Lipinski definition) is 1. The third-order valence-electron chi connectivity index (χ3n) is 4.66. The summed E-state index contributed by atoms with van der Waals surface area (Å²) in [5.74, 6) is 0.745. The fourth-order valence-corrected chi connectivity index (χ4v) is 4.44. The summed E-state index contributed by atoms with van der Waals surface area (Å²) in [6.07, 6.45) is 1.34. The molecular formula is C23H28Cl2N2O2S. The number of hydrogen-bond acceptors (Lipinski definition) is 3. The molecule has 0 heterocycles. The molecule has 0 saturated heterocycles. The largest absolute Gasteiger partial charge is 0.354 e. The van der Waals surface area contributed by atoms with E-state index in [4.69, 9.17) is 23.2 Å². The van der Waals surface area contributed by atoms with Crippen LogP contribution >= 0.6 is 35.0 Å². The molecule has 0 radical (unpaired) electrons. The van der Waals surface area contributed by atoms with E-state index in [1.165, 1.54) is 11.8 Å². The summed E-state index contributed by atoms with van der Waals surface area (Å²) in [4.78, 5) is 27.5. The Morgan fingerprint density at radius 3 is 2.30 bits per heavy atom. The van der Waals surface area contributed by atoms with Gasteiger partial charge in [0.05, 0.1) is 5.75 Å². The van der Waals surface area contributed by atoms with Gasteiger partial charge in [0.1, 0.15) is 6.04 Å². The molecule has 2 amide bonds. The SMILES string of the molecule is CCCNC(=O)C(CC)N(Cc1c(Cl)cccc1Cl)C(=O)CSCc1ccccc1. The van der Waals surface area contributed by atoms with Crippen molar-refractivity contribution in [3.63, 3.8) is 0 Å². The highest BCUT2D eigenvalue weighted by Crippen LogP contribution is 2.27. The van der Waals surface area contributed by atoms with Crippen molar-refractivity contribution in [2.24, 2.45) is 0 Å². The van der Waals surface area contributed by atoms with E-state index in [1.54, 1.807) is 23.1 Å². The van der Waals surface area contributed by atoms with Crippen LogP contribution in [0.25, 0.3) is 0 Å². The van der Waals surface area contributed by atoms with Crippen LogP contribution in [0.4, 0.5) is 0 Å². The number of rotatable bonds is 11. The highest BCUT2D eigenvalue weighted by atomic mass is 35.5. The minimum atomic E-state index is -0.575. The van der Waals surface area contributed by atoms with Crippen LogP contribution in [0, 0.1) is 0 Å². The lowest BCUT2D eigenvalue weighted by Crippen LogP contribution is -2.49. The number of nitrogens with zero attached hydrogens (tertiary/aromatic N) is 1. The standard InChI is InChI=1S/C23H28Cl2N2O2S/c1-3-13-26-23(29)21(4-2)27(14-18-19(24)11-8-12-20(18)25)22(28)16-30-15-17-9-6-5-7-10-17/h5-12,21H,3-4,13-16H2,1-2H3,(H,26,29). The van der Waals surface area contributed by atoms with Gasteiger partial charge in [-0.25, -0.2) is 0 Å². The van der Waals surface area contributed by atoms with Crippen LogP contribution in [0.3, 0.4) is 0 Å². The Morgan fingerprint density at radius 2 is 1.70 bits per heavy atom. The van der Waals surface area contributed by atoms with Crippen LogP contribution < -0.4 is 5.32 Å². The first-order valence-electron chi connectivity index (χ1n) is 10.1. The Kier molecular flexibility index (Phi) is 10.6. The zero-order valence-corrected chi connectivity index (χ0v) is 19.7. The van der Waals surface area contributed by atoms with Gasteiger partial charge in [0.2, 0.25) is 11.8 Å². The average Bonchev–Trinajstić information content (AvgIpc) is 2.74. The van der Waals surface area contributed by atoms with Gasteiger partial charge in [-0.05, 0) is 30.5 Å². The summed E-state index contributed by atoms with van der Waals surface area (Å²) >= 11 is 14.2. The molecule has 0 bridgehead atoms. The fourth-order valence-electron chi connectivity index (χ4n) is 3.05. The van der Waals surface area contributed by atoms with Crippen molar-refractivity contribution in [2.45, 2.75) is 45.0 Å². The van der Waals surface area contributed by atoms with Crippen molar-refractivity contribution in [3.8, 4) is 0 Å². The zero-order valence-electron chi connectivity index (χ0n) is 17.4. The first-order chi connectivity index (χ1) is 14.5. The predicted molar refractivity (Wildman–Crippen MR) is 127 cm³/mol. The van der Waals surface area contributed by atoms with E-state index in [0.29, 0.717) is 28.6 Å². The van der Waals surface area contributed by atoms with Gasteiger partial charge in [0.25, 0.3) is 0 Å². The lowest BCUT2D eigenvalue weighted by Gasteiger charge is -2.31. The molecule has 1 unspecified atom stereocenters. The molecule has 7 heteroatoms. The smallest absolute Gasteiger partial charge is 0.242 e. The highest BCUT2D eigenvalue weighted by Gasteiger charge is 2.29. The molecule has 2 rings (SSSR count). The Morgan fingerprint density at radius 1 is 1.03 bits per heavy atom. The van der Waals surface area contributed by atoms with E-state index in [0.717, 1.165) is 17.7 Å². The number of nitrogens with one attached hydrogen (secondary N) is 1. The number of amides is 2. The van der Waals surface area contributed by atoms with Gasteiger partial charge in [0, 0.05) is 34.5 Å². The van der Waals surface area contributed by atoms with Crippen molar-refractivity contribution in [1.82, 2.24) is 10.2 Å². The summed E-state index contributed by atoms with van der Waals surface area (Å²) in [5, 5.41) is 3.88. The second-order valence-electron chi connectivity index (χ2n) is 6.92. The van der Waals surface area contributed by atoms with E-state index in [9.17, 15) is 9.59 Å². The molecule has 1 atom stereocenters. The van der Waals surface area contributed by atoms with E-state index >= 15 is 0 Å². The second kappa shape index (κ2) is 12.9. The van der Waals surface area contributed by atoms with Gasteiger partial charge >= 0.3 is 0 Å². The first-order valence-corrected chi connectivity index (χ1v) is 12.0. The van der Waals surface area contributed by atoms with Gasteiger partial charge in [-0.2, -0.15) is 0 Å². The maximum Gasteiger partial charge on any atom is 0.242 e. The quantitative estimate of drug-likeness (QED) is 0.471. The lowest BCUT2D eigenvalue weighted by molar-refractivity contribution is -0.139. The Balaban J connectivity index is 2.18. The molecule has 30 heavy (non-hydrogen) atoms. The Hall–Kier alpha value is -1.69. The van der Waals surface area contributed by atoms with Crippen LogP contribution in [-0.4, -0.2) is 35.1 Å². The number of carbonyl (C=O) groups is 2. The van der Waals surface area contributed by atoms with Crippen LogP contribution in [0.1, 0.15) is 37.8 Å². The van der Waals surface area contributed by atoms with E-state index in [1.807, 2.05) is 44.2 Å². The Bertz CT molecular complexity index is 813. The van der Waals surface area contributed by atoms with Crippen molar-refractivity contribution in [2.75, 3.05) is 12.3 Å². The van der Waals surface area contributed by atoms with Crippen molar-refractivity contribution < 1.29 is 9.59 Å². The van der Waals surface area contributed by atoms with Crippen LogP contribution in [0.2, 0.25) is 10.0 Å². The van der Waals surface area contributed by atoms with Gasteiger partial charge < -0.3 is 10.2 Å². The average molecular weight is 467 g/mol. The number of carbonyl (C=O) groups excluding carboxylic acids is 2. The van der Waals surface area contributed by atoms with Gasteiger partial charge in [0.15, 0.2) is 0 Å². The monoisotopic (exact) mass is 466 g/mol. The van der Waals surface area contributed by atoms with E-state index < -0.39 is 6.04 Å². The second-order valence-corrected chi connectivity index (χ2v) is 8.72. The molecule has 0 aromatic heterocycles. The Labute approximate surface area is 193 Å². The van der Waals surface area contributed by atoms with Crippen LogP contribution in [0.5, 0.6) is 0 Å². The van der Waals surface area contributed by atoms with Crippen LogP contribution in [0.15, 0.2) is 48.5 Å². The molecule has 2 aromatic carbocycles. The van der Waals surface area contributed by atoms with Gasteiger partial charge in [-0.15, -0.1) is 11.8 Å². The fraction of sp³-hybridized carbons (Fsp3) is 0.391. The number of thioether (sulfide) groups is 1. The normalized spacial score (nSPS) is 11.7. The maximum absolute atomic E-state index is 13.2. The molecule has 0 spiro atoms. The minimum absolute atomic E-state index is 0.106. The molecule has 0 saturated carbocycles. The summed E-state index contributed by atoms with van der Waals surface area (Å²) in [7, 11) is 0. The maximum atomic E-state index is 13.2. The third-order valence-corrected chi connectivity index (χ3v) is 6.36. The van der Waals surface area contributed by atoms with Crippen molar-refractivity contribution in [3.05, 3.63) is 69.7 Å². The first kappa shape index (κ1) is 24.6. The molecule has 0 aliphatic heterocycles. The highest BCUT2D eigenvalue weighted by molar-refractivity contribution is 7.99. The lowest BCUT2D eigenvalue weighted by atomic mass is 10.1. The van der Waals surface area contributed by atoms with Crippen molar-refractivity contribution in [1.29, 1.82) is 0 Å². The molecule has 2 aromatic rings. The van der Waals surface area contributed by atoms with E-state index in [-0.39, 0.29) is 24.1 Å². The van der Waals surface area contributed by atoms with Crippen molar-refractivity contribution >= 4 is 46.8 Å².